The first kappa shape index (κ1) is 33.1. The minimum absolute atomic E-state index is 0.153. The molecular weight excluding hydrogens is 448 g/mol. The third kappa shape index (κ3) is 11.7. The van der Waals surface area contributed by atoms with Crippen LogP contribution in [0.5, 0.6) is 0 Å². The van der Waals surface area contributed by atoms with Crippen LogP contribution in [0.1, 0.15) is 40.5 Å². The van der Waals surface area contributed by atoms with Gasteiger partial charge in [0, 0.05) is 38.2 Å². The summed E-state index contributed by atoms with van der Waals surface area (Å²) in [7, 11) is 0. The highest BCUT2D eigenvalue weighted by Gasteiger charge is 2.34. The predicted molar refractivity (Wildman–Crippen MR) is 128 cm³/mol. The first-order valence-corrected chi connectivity index (χ1v) is 11.6. The second kappa shape index (κ2) is 15.2. The molecule has 0 aliphatic heterocycles. The number of hydrogen-bond donors (Lipinski definition) is 9. The zero-order valence-corrected chi connectivity index (χ0v) is 21.1. The van der Waals surface area contributed by atoms with Crippen LogP contribution in [0.25, 0.3) is 0 Å². The molecule has 0 saturated heterocycles. The monoisotopic (exact) mass is 496 g/mol. The zero-order chi connectivity index (χ0) is 26.6. The van der Waals surface area contributed by atoms with Crippen molar-refractivity contribution in [3.63, 3.8) is 0 Å². The number of carbonyl (C=O) groups is 1. The minimum Gasteiger partial charge on any atom is -0.394 e. The molecule has 0 fully saturated rings. The molecule has 12 N–H and O–H groups in total. The van der Waals surface area contributed by atoms with Gasteiger partial charge in [-0.25, -0.2) is 0 Å². The molecule has 12 heteroatoms. The van der Waals surface area contributed by atoms with Crippen molar-refractivity contribution >= 4 is 5.91 Å². The summed E-state index contributed by atoms with van der Waals surface area (Å²) in [6.45, 7) is 9.60. The molecule has 0 aromatic carbocycles. The van der Waals surface area contributed by atoms with Gasteiger partial charge < -0.3 is 57.5 Å². The molecule has 0 aromatic rings. The maximum Gasteiger partial charge on any atom is 0.251 e. The van der Waals surface area contributed by atoms with Gasteiger partial charge in [-0.3, -0.25) is 4.79 Å². The van der Waals surface area contributed by atoms with Crippen LogP contribution in [0.2, 0.25) is 0 Å². The molecule has 0 heterocycles. The smallest absolute Gasteiger partial charge is 0.251 e. The normalized spacial score (nSPS) is 16.7. The van der Waals surface area contributed by atoms with Crippen molar-refractivity contribution in [2.75, 3.05) is 52.6 Å². The molecule has 34 heavy (non-hydrogen) atoms. The highest BCUT2D eigenvalue weighted by Crippen LogP contribution is 2.24. The summed E-state index contributed by atoms with van der Waals surface area (Å²) in [5, 5.41) is 49.8. The van der Waals surface area contributed by atoms with E-state index < -0.39 is 47.9 Å². The Morgan fingerprint density at radius 3 is 1.97 bits per heavy atom. The fourth-order valence-corrected chi connectivity index (χ4v) is 2.99. The van der Waals surface area contributed by atoms with E-state index in [4.69, 9.17) is 31.8 Å². The van der Waals surface area contributed by atoms with Crippen LogP contribution in [-0.4, -0.2) is 114 Å². The second-order valence-electron chi connectivity index (χ2n) is 10.3. The van der Waals surface area contributed by atoms with Crippen LogP contribution in [0.15, 0.2) is 0 Å². The lowest BCUT2D eigenvalue weighted by atomic mass is 9.88. The number of carbonyl (C=O) groups excluding carboxylic acids is 1. The van der Waals surface area contributed by atoms with Gasteiger partial charge in [0.1, 0.15) is 18.3 Å². The van der Waals surface area contributed by atoms with E-state index in [1.807, 2.05) is 13.8 Å². The van der Waals surface area contributed by atoms with Crippen LogP contribution in [0.4, 0.5) is 0 Å². The first-order chi connectivity index (χ1) is 15.7. The fourth-order valence-electron chi connectivity index (χ4n) is 2.99. The van der Waals surface area contributed by atoms with Crippen LogP contribution < -0.4 is 22.5 Å². The molecule has 0 saturated carbocycles. The third-order valence-corrected chi connectivity index (χ3v) is 6.02. The average Bonchev–Trinajstić information content (AvgIpc) is 2.79. The zero-order valence-electron chi connectivity index (χ0n) is 21.1. The summed E-state index contributed by atoms with van der Waals surface area (Å²) in [6.07, 6.45) is -6.30. The molecule has 4 unspecified atom stereocenters. The van der Waals surface area contributed by atoms with Gasteiger partial charge in [-0.05, 0) is 32.1 Å². The number of nitrogens with two attached hydrogens (primary N) is 3. The van der Waals surface area contributed by atoms with Gasteiger partial charge in [-0.1, -0.05) is 13.8 Å². The molecular formula is C22H48N4O8. The molecule has 0 rings (SSSR count). The van der Waals surface area contributed by atoms with Gasteiger partial charge in [0.2, 0.25) is 0 Å². The Bertz CT molecular complexity index is 567. The molecule has 0 spiro atoms. The lowest BCUT2D eigenvalue weighted by molar-refractivity contribution is -0.149. The van der Waals surface area contributed by atoms with Gasteiger partial charge in [-0.15, -0.1) is 0 Å². The number of amides is 1. The third-order valence-electron chi connectivity index (χ3n) is 6.02. The number of hydrogen-bond acceptors (Lipinski definition) is 11. The van der Waals surface area contributed by atoms with E-state index >= 15 is 0 Å². The van der Waals surface area contributed by atoms with Crippen LogP contribution in [-0.2, 0) is 14.3 Å². The van der Waals surface area contributed by atoms with E-state index in [9.17, 15) is 25.2 Å². The second-order valence-corrected chi connectivity index (χ2v) is 10.3. The number of nitrogens with one attached hydrogen (secondary N) is 1. The predicted octanol–water partition coefficient (Wildman–Crippen LogP) is -2.98. The van der Waals surface area contributed by atoms with E-state index in [0.717, 1.165) is 6.42 Å². The summed E-state index contributed by atoms with van der Waals surface area (Å²) in [5.41, 5.74) is 16.2. The lowest BCUT2D eigenvalue weighted by Gasteiger charge is -2.33. The lowest BCUT2D eigenvalue weighted by Crippen LogP contribution is -2.52. The van der Waals surface area contributed by atoms with Gasteiger partial charge >= 0.3 is 0 Å². The number of aliphatic hydroxyl groups is 5. The summed E-state index contributed by atoms with van der Waals surface area (Å²) in [5.74, 6) is -0.908. The van der Waals surface area contributed by atoms with Crippen LogP contribution >= 0.6 is 0 Å². The highest BCUT2D eigenvalue weighted by atomic mass is 16.5. The van der Waals surface area contributed by atoms with Gasteiger partial charge in [-0.2, -0.15) is 0 Å². The largest absolute Gasteiger partial charge is 0.394 e. The van der Waals surface area contributed by atoms with Crippen molar-refractivity contribution < 1.29 is 39.8 Å². The van der Waals surface area contributed by atoms with Crippen LogP contribution in [0, 0.1) is 10.8 Å². The van der Waals surface area contributed by atoms with E-state index in [1.54, 1.807) is 0 Å². The Morgan fingerprint density at radius 2 is 1.47 bits per heavy atom. The maximum atomic E-state index is 12.0. The highest BCUT2D eigenvalue weighted by molar-refractivity contribution is 5.81. The molecule has 204 valence electrons. The van der Waals surface area contributed by atoms with Crippen molar-refractivity contribution in [3.05, 3.63) is 0 Å². The standard InChI is InChI=1S/C22H48N4O8/c1-20(2,13-33-14-22(10-23,11-24)12-25)6-8-34-21(3,4)5-7-26-19(32)18(31)17(30)16(29)15(28)9-27/h15-18,27-31H,5-14,23-25H2,1-4H3,(H,26,32). The van der Waals surface area contributed by atoms with Crippen molar-refractivity contribution in [2.45, 2.75) is 70.6 Å². The van der Waals surface area contributed by atoms with Gasteiger partial charge in [0.05, 0.1) is 25.4 Å². The number of rotatable bonds is 19. The average molecular weight is 497 g/mol. The molecule has 12 nitrogen and oxygen atoms in total. The fraction of sp³-hybridized carbons (Fsp3) is 0.955. The summed E-state index contributed by atoms with van der Waals surface area (Å²) >= 11 is 0. The van der Waals surface area contributed by atoms with Gasteiger partial charge in [0.25, 0.3) is 5.91 Å². The quantitative estimate of drug-likeness (QED) is 0.0876. The van der Waals surface area contributed by atoms with E-state index in [0.29, 0.717) is 45.9 Å². The van der Waals surface area contributed by atoms with Crippen molar-refractivity contribution in [1.82, 2.24) is 5.32 Å². The van der Waals surface area contributed by atoms with Crippen molar-refractivity contribution in [3.8, 4) is 0 Å². The van der Waals surface area contributed by atoms with E-state index in [2.05, 4.69) is 19.2 Å². The molecule has 0 aliphatic rings. The molecule has 0 radical (unpaired) electrons. The Balaban J connectivity index is 4.40. The molecule has 1 amide bonds. The Labute approximate surface area is 202 Å². The Kier molecular flexibility index (Phi) is 14.8. The number of aliphatic hydroxyl groups excluding tert-OH is 5. The SMILES string of the molecule is CC(C)(CCOC(C)(C)CCNC(=O)C(O)C(O)C(O)C(O)CO)COCC(CN)(CN)CN. The number of ether oxygens (including phenoxy) is 2. The molecule has 4 atom stereocenters. The maximum absolute atomic E-state index is 12.0. The summed E-state index contributed by atoms with van der Waals surface area (Å²) in [6, 6.07) is 0. The molecule has 0 aliphatic carbocycles. The Hall–Kier alpha value is -0.930. The first-order valence-electron chi connectivity index (χ1n) is 11.6. The van der Waals surface area contributed by atoms with Gasteiger partial charge in [0.15, 0.2) is 6.10 Å². The van der Waals surface area contributed by atoms with Crippen molar-refractivity contribution in [1.29, 1.82) is 0 Å². The minimum atomic E-state index is -1.96. The summed E-state index contributed by atoms with van der Waals surface area (Å²) < 4.78 is 11.8. The summed E-state index contributed by atoms with van der Waals surface area (Å²) in [4.78, 5) is 12.0. The van der Waals surface area contributed by atoms with Crippen LogP contribution in [0.3, 0.4) is 0 Å². The topological polar surface area (TPSA) is 227 Å². The Morgan fingerprint density at radius 1 is 0.912 bits per heavy atom. The van der Waals surface area contributed by atoms with E-state index in [-0.39, 0.29) is 12.0 Å². The molecule has 0 aromatic heterocycles. The van der Waals surface area contributed by atoms with Crippen molar-refractivity contribution in [2.24, 2.45) is 28.0 Å². The molecule has 0 bridgehead atoms. The van der Waals surface area contributed by atoms with E-state index in [1.165, 1.54) is 0 Å².